The number of fused-ring (bicyclic) bond motifs is 4. The highest BCUT2D eigenvalue weighted by Crippen LogP contribution is 2.36. The van der Waals surface area contributed by atoms with Crippen LogP contribution >= 0.6 is 0 Å². The molecule has 0 radical (unpaired) electrons. The number of rotatable bonds is 3. The van der Waals surface area contributed by atoms with E-state index < -0.39 is 58.8 Å². The lowest BCUT2D eigenvalue weighted by Gasteiger charge is -2.40. The van der Waals surface area contributed by atoms with Crippen LogP contribution < -0.4 is 10.7 Å². The Hall–Kier alpha value is -3.41. The predicted octanol–water partition coefficient (Wildman–Crippen LogP) is 2.27. The standard InChI is InChI=1S/C23H23F3N4O5/c24-23(25,26)15-2-1-6-27-16(15)9-28-21(33)14-10-29-11-17-30(22(34)18(29)20(32)19(14)31)7-5-12-3-4-13(8-12)35-17/h1-2,6,10,12-13,17,32H,3-5,7-9,11H2,(H,28,33)/t12-,13+,17+/m1/s1. The van der Waals surface area contributed by atoms with Gasteiger partial charge in [-0.1, -0.05) is 0 Å². The molecule has 1 saturated heterocycles. The van der Waals surface area contributed by atoms with E-state index in [4.69, 9.17) is 4.74 Å². The summed E-state index contributed by atoms with van der Waals surface area (Å²) in [7, 11) is 0. The molecule has 0 unspecified atom stereocenters. The van der Waals surface area contributed by atoms with Crippen molar-refractivity contribution in [1.82, 2.24) is 19.8 Å². The Labute approximate surface area is 197 Å². The Morgan fingerprint density at radius 3 is 2.83 bits per heavy atom. The minimum atomic E-state index is -4.67. The Morgan fingerprint density at radius 1 is 1.26 bits per heavy atom. The van der Waals surface area contributed by atoms with Crippen molar-refractivity contribution in [2.45, 2.75) is 57.3 Å². The first-order valence-electron chi connectivity index (χ1n) is 11.4. The average molecular weight is 492 g/mol. The Balaban J connectivity index is 1.41. The second-order valence-electron chi connectivity index (χ2n) is 9.08. The molecule has 186 valence electrons. The van der Waals surface area contributed by atoms with Gasteiger partial charge in [0.2, 0.25) is 5.43 Å². The number of alkyl halides is 3. The molecule has 2 bridgehead atoms. The number of carbonyl (C=O) groups is 2. The number of ether oxygens (including phenoxy) is 1. The van der Waals surface area contributed by atoms with Crippen LogP contribution in [-0.4, -0.2) is 50.2 Å². The van der Waals surface area contributed by atoms with Gasteiger partial charge >= 0.3 is 6.18 Å². The fourth-order valence-electron chi connectivity index (χ4n) is 5.13. The Morgan fingerprint density at radius 2 is 2.06 bits per heavy atom. The number of carbonyl (C=O) groups excluding carboxylic acids is 2. The topological polar surface area (TPSA) is 114 Å². The van der Waals surface area contributed by atoms with E-state index in [1.807, 2.05) is 0 Å². The summed E-state index contributed by atoms with van der Waals surface area (Å²) in [5.74, 6) is -1.96. The van der Waals surface area contributed by atoms with Gasteiger partial charge in [-0.05, 0) is 43.7 Å². The molecule has 2 aromatic rings. The highest BCUT2D eigenvalue weighted by Gasteiger charge is 2.41. The number of hydrogen-bond acceptors (Lipinski definition) is 6. The van der Waals surface area contributed by atoms with E-state index in [1.165, 1.54) is 9.47 Å². The van der Waals surface area contributed by atoms with Gasteiger partial charge in [-0.2, -0.15) is 13.2 Å². The first-order chi connectivity index (χ1) is 16.6. The molecule has 3 atom stereocenters. The quantitative estimate of drug-likeness (QED) is 0.680. The van der Waals surface area contributed by atoms with Crippen molar-refractivity contribution in [3.8, 4) is 5.75 Å². The first kappa shape index (κ1) is 23.3. The fraction of sp³-hybridized carbons (Fsp3) is 0.478. The number of halogens is 3. The molecule has 1 saturated carbocycles. The van der Waals surface area contributed by atoms with E-state index in [1.54, 1.807) is 0 Å². The molecule has 2 aromatic heterocycles. The summed E-state index contributed by atoms with van der Waals surface area (Å²) in [6, 6.07) is 1.97. The number of aromatic hydroxyl groups is 1. The van der Waals surface area contributed by atoms with E-state index in [0.717, 1.165) is 50.2 Å². The molecule has 2 N–H and O–H groups in total. The van der Waals surface area contributed by atoms with Gasteiger partial charge in [0.1, 0.15) is 5.56 Å². The van der Waals surface area contributed by atoms with Crippen LogP contribution in [0.4, 0.5) is 13.2 Å². The fourth-order valence-corrected chi connectivity index (χ4v) is 5.13. The predicted molar refractivity (Wildman–Crippen MR) is 114 cm³/mol. The molecule has 3 aliphatic rings. The third-order valence-electron chi connectivity index (χ3n) is 6.90. The lowest BCUT2D eigenvalue weighted by atomic mass is 10.0. The van der Waals surface area contributed by atoms with Crippen molar-refractivity contribution in [1.29, 1.82) is 0 Å². The van der Waals surface area contributed by atoms with Gasteiger partial charge in [0, 0.05) is 18.9 Å². The van der Waals surface area contributed by atoms with E-state index >= 15 is 0 Å². The maximum atomic E-state index is 13.2. The number of nitrogens with zero attached hydrogens (tertiary/aromatic N) is 3. The highest BCUT2D eigenvalue weighted by molar-refractivity contribution is 5.99. The summed E-state index contributed by atoms with van der Waals surface area (Å²) < 4.78 is 47.0. The van der Waals surface area contributed by atoms with Crippen molar-refractivity contribution in [2.75, 3.05) is 6.54 Å². The summed E-state index contributed by atoms with van der Waals surface area (Å²) in [4.78, 5) is 43.8. The smallest absolute Gasteiger partial charge is 0.418 e. The van der Waals surface area contributed by atoms with Crippen LogP contribution in [0.1, 0.15) is 57.8 Å². The van der Waals surface area contributed by atoms with E-state index in [0.29, 0.717) is 12.5 Å². The molecule has 1 aliphatic carbocycles. The van der Waals surface area contributed by atoms with Crippen molar-refractivity contribution >= 4 is 11.8 Å². The number of pyridine rings is 2. The molecule has 5 rings (SSSR count). The molecule has 0 spiro atoms. The van der Waals surface area contributed by atoms with E-state index in [2.05, 4.69) is 10.3 Å². The molecular weight excluding hydrogens is 469 g/mol. The lowest BCUT2D eigenvalue weighted by molar-refractivity contribution is -0.138. The second kappa shape index (κ2) is 8.67. The normalized spacial score (nSPS) is 23.8. The van der Waals surface area contributed by atoms with Gasteiger partial charge in [-0.15, -0.1) is 0 Å². The average Bonchev–Trinajstić information content (AvgIpc) is 3.27. The Bertz CT molecular complexity index is 1240. The highest BCUT2D eigenvalue weighted by atomic mass is 19.4. The minimum Gasteiger partial charge on any atom is -0.503 e. The SMILES string of the molecule is O=C(NCc1ncccc1C(F)(F)F)c1cn2c(c(O)c1=O)C(=O)N1CC[C@H]3CC[C@@H](C3)O[C@H]1C2. The molecule has 2 amide bonds. The zero-order valence-corrected chi connectivity index (χ0v) is 18.5. The zero-order chi connectivity index (χ0) is 24.9. The van der Waals surface area contributed by atoms with Gasteiger partial charge in [0.25, 0.3) is 11.8 Å². The molecule has 2 aliphatic heterocycles. The number of amides is 2. The molecule has 35 heavy (non-hydrogen) atoms. The third kappa shape index (κ3) is 4.26. The van der Waals surface area contributed by atoms with E-state index in [-0.39, 0.29) is 18.3 Å². The monoisotopic (exact) mass is 492 g/mol. The minimum absolute atomic E-state index is 0.0131. The maximum absolute atomic E-state index is 13.2. The summed E-state index contributed by atoms with van der Waals surface area (Å²) in [5, 5.41) is 12.8. The molecule has 2 fully saturated rings. The summed E-state index contributed by atoms with van der Waals surface area (Å²) in [6.07, 6.45) is 0.682. The van der Waals surface area contributed by atoms with E-state index in [9.17, 15) is 32.7 Å². The van der Waals surface area contributed by atoms with Crippen LogP contribution in [0.15, 0.2) is 29.3 Å². The second-order valence-corrected chi connectivity index (χ2v) is 9.08. The third-order valence-corrected chi connectivity index (χ3v) is 6.90. The number of aromatic nitrogens is 2. The van der Waals surface area contributed by atoms with Gasteiger partial charge in [0.05, 0.1) is 30.5 Å². The Kier molecular flexibility index (Phi) is 5.78. The van der Waals surface area contributed by atoms with Gasteiger partial charge < -0.3 is 24.6 Å². The van der Waals surface area contributed by atoms with Crippen molar-refractivity contribution in [3.63, 3.8) is 0 Å². The lowest BCUT2D eigenvalue weighted by Crippen LogP contribution is -2.52. The summed E-state index contributed by atoms with van der Waals surface area (Å²) in [6.45, 7) is -0.0467. The van der Waals surface area contributed by atoms with Crippen molar-refractivity contribution in [2.24, 2.45) is 5.92 Å². The molecule has 4 heterocycles. The largest absolute Gasteiger partial charge is 0.503 e. The first-order valence-corrected chi connectivity index (χ1v) is 11.4. The molecule has 0 aromatic carbocycles. The number of nitrogens with one attached hydrogen (secondary N) is 1. The summed E-state index contributed by atoms with van der Waals surface area (Å²) in [5.41, 5.74) is -3.23. The molecule has 9 nitrogen and oxygen atoms in total. The van der Waals surface area contributed by atoms with Gasteiger partial charge in [-0.25, -0.2) is 0 Å². The maximum Gasteiger partial charge on any atom is 0.418 e. The molecule has 12 heteroatoms. The van der Waals surface area contributed by atoms with Crippen molar-refractivity contribution in [3.05, 3.63) is 57.3 Å². The molecular formula is C23H23F3N4O5. The number of hydrogen-bond donors (Lipinski definition) is 2. The van der Waals surface area contributed by atoms with Gasteiger partial charge in [0.15, 0.2) is 17.7 Å². The van der Waals surface area contributed by atoms with Crippen LogP contribution in [-0.2, 0) is 24.0 Å². The van der Waals surface area contributed by atoms with Crippen LogP contribution in [0.5, 0.6) is 5.75 Å². The van der Waals surface area contributed by atoms with Crippen LogP contribution in [0.3, 0.4) is 0 Å². The van der Waals surface area contributed by atoms with Crippen LogP contribution in [0, 0.1) is 5.92 Å². The van der Waals surface area contributed by atoms with Crippen molar-refractivity contribution < 1.29 is 32.6 Å². The zero-order valence-electron chi connectivity index (χ0n) is 18.5. The van der Waals surface area contributed by atoms with Crippen LogP contribution in [0.2, 0.25) is 0 Å². The van der Waals surface area contributed by atoms with Crippen LogP contribution in [0.25, 0.3) is 0 Å². The van der Waals surface area contributed by atoms with Gasteiger partial charge in [-0.3, -0.25) is 19.4 Å². The summed E-state index contributed by atoms with van der Waals surface area (Å²) >= 11 is 0.